The van der Waals surface area contributed by atoms with Crippen molar-refractivity contribution in [2.75, 3.05) is 0 Å². The SMILES string of the molecule is CCC[CH2][Sn]([CH2]CCC)([CH2]CCC)[C@@H]1C[C@H]1c1ccccc1. The molecule has 0 nitrogen and oxygen atoms in total. The maximum atomic E-state index is 2.39. The molecule has 0 amide bonds. The third kappa shape index (κ3) is 4.76. The molecule has 0 radical (unpaired) electrons. The summed E-state index contributed by atoms with van der Waals surface area (Å²) >= 11 is -1.95. The summed E-state index contributed by atoms with van der Waals surface area (Å²) < 4.78 is 6.21. The summed E-state index contributed by atoms with van der Waals surface area (Å²) in [5, 5.41) is 0. The molecular weight excluding hydrogens is 371 g/mol. The molecule has 0 heterocycles. The van der Waals surface area contributed by atoms with Gasteiger partial charge < -0.3 is 0 Å². The number of hydrogen-bond acceptors (Lipinski definition) is 0. The Labute approximate surface area is 143 Å². The number of rotatable bonds is 11. The average molecular weight is 407 g/mol. The van der Waals surface area contributed by atoms with Gasteiger partial charge in [0.2, 0.25) is 0 Å². The van der Waals surface area contributed by atoms with Gasteiger partial charge in [-0.3, -0.25) is 0 Å². The van der Waals surface area contributed by atoms with Crippen LogP contribution in [0.3, 0.4) is 0 Å². The van der Waals surface area contributed by atoms with Crippen molar-refractivity contribution in [1.82, 2.24) is 0 Å². The van der Waals surface area contributed by atoms with E-state index in [4.69, 9.17) is 0 Å². The molecule has 22 heavy (non-hydrogen) atoms. The minimum atomic E-state index is -1.95. The first-order chi connectivity index (χ1) is 10.8. The van der Waals surface area contributed by atoms with Crippen LogP contribution in [0.1, 0.15) is 77.2 Å². The second-order valence-electron chi connectivity index (χ2n) is 7.53. The van der Waals surface area contributed by atoms with Gasteiger partial charge in [0.25, 0.3) is 0 Å². The second-order valence-corrected chi connectivity index (χ2v) is 21.7. The van der Waals surface area contributed by atoms with Crippen LogP contribution < -0.4 is 0 Å². The van der Waals surface area contributed by atoms with Gasteiger partial charge in [-0.2, -0.15) is 0 Å². The van der Waals surface area contributed by atoms with E-state index in [1.165, 1.54) is 48.9 Å². The molecule has 1 heteroatoms. The van der Waals surface area contributed by atoms with Gasteiger partial charge in [-0.05, 0) is 0 Å². The topological polar surface area (TPSA) is 0 Å². The molecule has 1 aromatic carbocycles. The standard InChI is InChI=1S/C9H9.3C4H9.Sn/c1-2-4-8(5-3-1)9-6-7-9;3*1-3-4-2;/h1-6,9H,7H2;3*1,3-4H2,2H3;/t9-;;;;/m0..../s1. The van der Waals surface area contributed by atoms with Gasteiger partial charge in [-0.25, -0.2) is 0 Å². The summed E-state index contributed by atoms with van der Waals surface area (Å²) in [5.74, 6) is 0.947. The third-order valence-electron chi connectivity index (χ3n) is 5.89. The molecule has 1 aliphatic carbocycles. The van der Waals surface area contributed by atoms with Crippen molar-refractivity contribution in [3.8, 4) is 0 Å². The van der Waals surface area contributed by atoms with Crippen molar-refractivity contribution in [3.63, 3.8) is 0 Å². The summed E-state index contributed by atoms with van der Waals surface area (Å²) in [6, 6.07) is 11.4. The second kappa shape index (κ2) is 9.35. The molecule has 1 saturated carbocycles. The van der Waals surface area contributed by atoms with Gasteiger partial charge in [0, 0.05) is 0 Å². The maximum absolute atomic E-state index is 2.39. The Balaban J connectivity index is 2.11. The van der Waals surface area contributed by atoms with Gasteiger partial charge in [-0.15, -0.1) is 0 Å². The zero-order valence-corrected chi connectivity index (χ0v) is 18.0. The molecule has 1 aromatic rings. The van der Waals surface area contributed by atoms with Gasteiger partial charge in [-0.1, -0.05) is 0 Å². The zero-order valence-electron chi connectivity index (χ0n) is 15.1. The van der Waals surface area contributed by atoms with Crippen LogP contribution in [0.4, 0.5) is 0 Å². The summed E-state index contributed by atoms with van der Waals surface area (Å²) in [6.07, 6.45) is 10.3. The monoisotopic (exact) mass is 408 g/mol. The first-order valence-corrected chi connectivity index (χ1v) is 17.5. The van der Waals surface area contributed by atoms with Crippen LogP contribution >= 0.6 is 0 Å². The Morgan fingerprint density at radius 3 is 1.77 bits per heavy atom. The predicted molar refractivity (Wildman–Crippen MR) is 102 cm³/mol. The van der Waals surface area contributed by atoms with Crippen molar-refractivity contribution in [2.45, 2.75) is 88.9 Å². The summed E-state index contributed by atoms with van der Waals surface area (Å²) in [7, 11) is 0. The van der Waals surface area contributed by atoms with Gasteiger partial charge >= 0.3 is 143 Å². The molecule has 0 spiro atoms. The van der Waals surface area contributed by atoms with E-state index in [0.29, 0.717) is 0 Å². The van der Waals surface area contributed by atoms with Crippen LogP contribution in [0.15, 0.2) is 30.3 Å². The molecule has 124 valence electrons. The summed E-state index contributed by atoms with van der Waals surface area (Å²) in [5.41, 5.74) is 1.65. The Morgan fingerprint density at radius 1 is 0.818 bits per heavy atom. The number of benzene rings is 1. The predicted octanol–water partition coefficient (Wildman–Crippen LogP) is 7.39. The number of hydrogen-bond donors (Lipinski definition) is 0. The Bertz CT molecular complexity index is 389. The van der Waals surface area contributed by atoms with Crippen molar-refractivity contribution >= 4 is 18.4 Å². The Morgan fingerprint density at radius 2 is 1.32 bits per heavy atom. The molecule has 1 aliphatic rings. The van der Waals surface area contributed by atoms with Crippen molar-refractivity contribution in [2.24, 2.45) is 0 Å². The first kappa shape index (κ1) is 18.4. The van der Waals surface area contributed by atoms with Gasteiger partial charge in [0.05, 0.1) is 0 Å². The normalized spacial score (nSPS) is 21.0. The third-order valence-corrected chi connectivity index (χ3v) is 23.8. The van der Waals surface area contributed by atoms with Crippen LogP contribution in [0, 0.1) is 0 Å². The van der Waals surface area contributed by atoms with E-state index in [1.807, 2.05) is 0 Å². The van der Waals surface area contributed by atoms with E-state index in [9.17, 15) is 0 Å². The molecular formula is C21H36Sn. The molecule has 2 atom stereocenters. The molecule has 0 saturated heterocycles. The van der Waals surface area contributed by atoms with E-state index in [0.717, 1.165) is 5.92 Å². The van der Waals surface area contributed by atoms with Gasteiger partial charge in [0.1, 0.15) is 0 Å². The molecule has 0 unspecified atom stereocenters. The van der Waals surface area contributed by atoms with Crippen LogP contribution in [0.5, 0.6) is 0 Å². The Kier molecular flexibility index (Phi) is 7.80. The summed E-state index contributed by atoms with van der Waals surface area (Å²) in [6.45, 7) is 7.16. The van der Waals surface area contributed by atoms with Gasteiger partial charge in [0.15, 0.2) is 0 Å². The fourth-order valence-corrected chi connectivity index (χ4v) is 24.0. The average Bonchev–Trinajstić information content (AvgIpc) is 3.37. The van der Waals surface area contributed by atoms with E-state index < -0.39 is 18.4 Å². The first-order valence-electron chi connectivity index (χ1n) is 9.82. The fraction of sp³-hybridized carbons (Fsp3) is 0.714. The van der Waals surface area contributed by atoms with E-state index in [-0.39, 0.29) is 0 Å². The van der Waals surface area contributed by atoms with Crippen molar-refractivity contribution < 1.29 is 0 Å². The van der Waals surface area contributed by atoms with Crippen molar-refractivity contribution in [3.05, 3.63) is 35.9 Å². The van der Waals surface area contributed by atoms with E-state index >= 15 is 0 Å². The molecule has 2 rings (SSSR count). The Hall–Kier alpha value is 0.0187. The molecule has 0 N–H and O–H groups in total. The van der Waals surface area contributed by atoms with E-state index in [1.54, 1.807) is 18.9 Å². The van der Waals surface area contributed by atoms with Crippen LogP contribution in [-0.4, -0.2) is 18.4 Å². The van der Waals surface area contributed by atoms with E-state index in [2.05, 4.69) is 51.1 Å². The fourth-order valence-electron chi connectivity index (χ4n) is 4.46. The van der Waals surface area contributed by atoms with Crippen molar-refractivity contribution in [1.29, 1.82) is 0 Å². The molecule has 0 aromatic heterocycles. The minimum absolute atomic E-state index is 0.947. The van der Waals surface area contributed by atoms with Crippen LogP contribution in [0.2, 0.25) is 17.2 Å². The van der Waals surface area contributed by atoms with Crippen LogP contribution in [-0.2, 0) is 0 Å². The van der Waals surface area contributed by atoms with Crippen LogP contribution in [0.25, 0.3) is 0 Å². The number of unbranched alkanes of at least 4 members (excludes halogenated alkanes) is 3. The molecule has 1 fully saturated rings. The molecule has 0 aliphatic heterocycles. The summed E-state index contributed by atoms with van der Waals surface area (Å²) in [4.78, 5) is 0. The zero-order chi connectivity index (χ0) is 15.8. The quantitative estimate of drug-likeness (QED) is 0.336. The molecule has 0 bridgehead atoms.